The summed E-state index contributed by atoms with van der Waals surface area (Å²) in [5.41, 5.74) is 1.49. The van der Waals surface area contributed by atoms with Gasteiger partial charge in [0.2, 0.25) is 0 Å². The summed E-state index contributed by atoms with van der Waals surface area (Å²) in [6.45, 7) is 8.14. The van der Waals surface area contributed by atoms with E-state index >= 15 is 0 Å². The molecular weight excluding hydrogens is 404 g/mol. The molecule has 1 N–H and O–H groups in total. The fraction of sp³-hybridized carbons (Fsp3) is 0.423. The number of hydroxylamine groups is 2. The highest BCUT2D eigenvalue weighted by molar-refractivity contribution is 5.82. The normalized spacial score (nSPS) is 21.3. The number of piperidine rings is 1. The number of ether oxygens (including phenoxy) is 2. The third-order valence-corrected chi connectivity index (χ3v) is 5.62. The van der Waals surface area contributed by atoms with E-state index in [1.807, 2.05) is 45.1 Å². The molecule has 0 radical (unpaired) electrons. The van der Waals surface area contributed by atoms with Crippen LogP contribution in [0.4, 0.5) is 4.79 Å². The lowest BCUT2D eigenvalue weighted by atomic mass is 9.90. The van der Waals surface area contributed by atoms with Crippen molar-refractivity contribution < 1.29 is 19.1 Å². The van der Waals surface area contributed by atoms with Crippen LogP contribution < -0.4 is 5.32 Å². The van der Waals surface area contributed by atoms with Gasteiger partial charge in [-0.2, -0.15) is 0 Å². The number of benzene rings is 2. The molecule has 1 saturated heterocycles. The maximum absolute atomic E-state index is 12.3. The molecule has 170 valence electrons. The van der Waals surface area contributed by atoms with Gasteiger partial charge in [0.15, 0.2) is 0 Å². The molecule has 32 heavy (non-hydrogen) atoms. The molecule has 2 aliphatic heterocycles. The lowest BCUT2D eigenvalue weighted by molar-refractivity contribution is -0.129. The molecule has 2 atom stereocenters. The molecule has 0 saturated carbocycles. The summed E-state index contributed by atoms with van der Waals surface area (Å²) in [6, 6.07) is 14.8. The van der Waals surface area contributed by atoms with Crippen molar-refractivity contribution in [2.75, 3.05) is 19.6 Å². The topological polar surface area (TPSA) is 60.0 Å². The van der Waals surface area contributed by atoms with Gasteiger partial charge in [-0.05, 0) is 62.2 Å². The quantitative estimate of drug-likeness (QED) is 0.669. The minimum atomic E-state index is -0.693. The number of hydrogen-bond acceptors (Lipinski definition) is 6. The van der Waals surface area contributed by atoms with Crippen molar-refractivity contribution in [1.29, 1.82) is 0 Å². The maximum Gasteiger partial charge on any atom is 0.533 e. The number of rotatable bonds is 5. The van der Waals surface area contributed by atoms with E-state index in [2.05, 4.69) is 41.7 Å². The molecule has 6 nitrogen and oxygen atoms in total. The molecule has 0 aliphatic carbocycles. The highest BCUT2D eigenvalue weighted by Crippen LogP contribution is 2.30. The van der Waals surface area contributed by atoms with Crippen LogP contribution in [0.3, 0.4) is 0 Å². The van der Waals surface area contributed by atoms with Gasteiger partial charge >= 0.3 is 6.16 Å². The van der Waals surface area contributed by atoms with E-state index in [0.29, 0.717) is 13.2 Å². The van der Waals surface area contributed by atoms with E-state index in [9.17, 15) is 4.79 Å². The molecule has 2 aromatic carbocycles. The Bertz CT molecular complexity index is 1010. The first kappa shape index (κ1) is 22.4. The Morgan fingerprint density at radius 3 is 2.78 bits per heavy atom. The minimum Gasteiger partial charge on any atom is -0.427 e. The monoisotopic (exact) mass is 436 g/mol. The minimum absolute atomic E-state index is 0.0299. The Balaban J connectivity index is 1.44. The number of carbonyl (C=O) groups is 1. The highest BCUT2D eigenvalue weighted by atomic mass is 16.8. The number of nitrogens with one attached hydrogen (secondary N) is 1. The zero-order chi connectivity index (χ0) is 22.6. The lowest BCUT2D eigenvalue weighted by Gasteiger charge is -2.38. The SMILES string of the molecule is CC(C)(C)OC(=O)ON1CC=CC=C1C1CCNCC1OCc1ccc2ccccc2c1. The zero-order valence-corrected chi connectivity index (χ0v) is 19.0. The van der Waals surface area contributed by atoms with Crippen molar-refractivity contribution in [2.24, 2.45) is 5.92 Å². The molecule has 2 aliphatic rings. The molecule has 1 fully saturated rings. The Morgan fingerprint density at radius 2 is 1.97 bits per heavy atom. The Morgan fingerprint density at radius 1 is 1.16 bits per heavy atom. The van der Waals surface area contributed by atoms with Gasteiger partial charge in [-0.15, -0.1) is 0 Å². The first-order valence-corrected chi connectivity index (χ1v) is 11.2. The van der Waals surface area contributed by atoms with Crippen LogP contribution in [-0.2, 0) is 20.9 Å². The molecule has 6 heteroatoms. The van der Waals surface area contributed by atoms with E-state index in [4.69, 9.17) is 14.3 Å². The third-order valence-electron chi connectivity index (χ3n) is 5.62. The van der Waals surface area contributed by atoms with Gasteiger partial charge in [0.1, 0.15) is 5.60 Å². The standard InChI is InChI=1S/C26H32N2O4/c1-26(2,3)31-25(29)32-28-15-7-6-10-23(28)22-13-14-27-17-24(22)30-18-19-11-12-20-8-4-5-9-21(20)16-19/h4-12,16,22,24,27H,13-15,17-18H2,1-3H3. The van der Waals surface area contributed by atoms with Crippen LogP contribution in [0.15, 0.2) is 66.4 Å². The zero-order valence-electron chi connectivity index (χ0n) is 19.0. The summed E-state index contributed by atoms with van der Waals surface area (Å²) >= 11 is 0. The summed E-state index contributed by atoms with van der Waals surface area (Å²) in [5.74, 6) is 0.115. The van der Waals surface area contributed by atoms with Gasteiger partial charge in [-0.25, -0.2) is 9.86 Å². The number of nitrogens with zero attached hydrogens (tertiary/aromatic N) is 1. The largest absolute Gasteiger partial charge is 0.533 e. The molecule has 2 aromatic rings. The second-order valence-electron chi connectivity index (χ2n) is 9.27. The summed E-state index contributed by atoms with van der Waals surface area (Å²) in [5, 5.41) is 7.51. The van der Waals surface area contributed by atoms with Crippen LogP contribution in [0.5, 0.6) is 0 Å². The number of hydrogen-bond donors (Lipinski definition) is 1. The van der Waals surface area contributed by atoms with Crippen LogP contribution in [0.2, 0.25) is 0 Å². The molecular formula is C26H32N2O4. The smallest absolute Gasteiger partial charge is 0.427 e. The number of carbonyl (C=O) groups excluding carboxylic acids is 1. The highest BCUT2D eigenvalue weighted by Gasteiger charge is 2.34. The van der Waals surface area contributed by atoms with Gasteiger partial charge in [0.05, 0.1) is 25.0 Å². The lowest BCUT2D eigenvalue weighted by Crippen LogP contribution is -2.46. The Kier molecular flexibility index (Phi) is 6.82. The van der Waals surface area contributed by atoms with Gasteiger partial charge in [0.25, 0.3) is 0 Å². The van der Waals surface area contributed by atoms with Crippen molar-refractivity contribution in [3.63, 3.8) is 0 Å². The summed E-state index contributed by atoms with van der Waals surface area (Å²) < 4.78 is 11.7. The third kappa shape index (κ3) is 5.69. The maximum atomic E-state index is 12.3. The van der Waals surface area contributed by atoms with Crippen molar-refractivity contribution >= 4 is 16.9 Å². The van der Waals surface area contributed by atoms with E-state index in [1.54, 1.807) is 5.06 Å². The fourth-order valence-electron chi connectivity index (χ4n) is 4.14. The average molecular weight is 437 g/mol. The van der Waals surface area contributed by atoms with Gasteiger partial charge in [0, 0.05) is 12.5 Å². The summed E-state index contributed by atoms with van der Waals surface area (Å²) in [7, 11) is 0. The molecule has 0 amide bonds. The molecule has 2 heterocycles. The number of allylic oxidation sites excluding steroid dienone is 2. The van der Waals surface area contributed by atoms with Gasteiger partial charge in [-0.3, -0.25) is 0 Å². The van der Waals surface area contributed by atoms with Crippen molar-refractivity contribution in [1.82, 2.24) is 10.4 Å². The Labute approximate surface area is 189 Å². The predicted octanol–water partition coefficient (Wildman–Crippen LogP) is 4.96. The van der Waals surface area contributed by atoms with Gasteiger partial charge in [-0.1, -0.05) is 48.6 Å². The van der Waals surface area contributed by atoms with Crippen LogP contribution in [0.25, 0.3) is 10.8 Å². The van der Waals surface area contributed by atoms with E-state index in [0.717, 1.165) is 30.8 Å². The summed E-state index contributed by atoms with van der Waals surface area (Å²) in [6.07, 6.45) is 6.15. The summed E-state index contributed by atoms with van der Waals surface area (Å²) in [4.78, 5) is 17.8. The fourth-order valence-corrected chi connectivity index (χ4v) is 4.14. The first-order valence-electron chi connectivity index (χ1n) is 11.2. The second-order valence-corrected chi connectivity index (χ2v) is 9.27. The second kappa shape index (κ2) is 9.76. The van der Waals surface area contributed by atoms with Crippen molar-refractivity contribution in [3.05, 3.63) is 72.0 Å². The van der Waals surface area contributed by atoms with Crippen molar-refractivity contribution in [3.8, 4) is 0 Å². The predicted molar refractivity (Wildman–Crippen MR) is 125 cm³/mol. The first-order chi connectivity index (χ1) is 15.4. The average Bonchev–Trinajstić information content (AvgIpc) is 2.77. The molecule has 0 bridgehead atoms. The van der Waals surface area contributed by atoms with E-state index < -0.39 is 11.8 Å². The Hall–Kier alpha value is -2.83. The van der Waals surface area contributed by atoms with Crippen LogP contribution in [0, 0.1) is 5.92 Å². The van der Waals surface area contributed by atoms with Crippen LogP contribution in [0.1, 0.15) is 32.8 Å². The van der Waals surface area contributed by atoms with E-state index in [1.165, 1.54) is 10.8 Å². The van der Waals surface area contributed by atoms with Gasteiger partial charge < -0.3 is 19.6 Å². The van der Waals surface area contributed by atoms with E-state index in [-0.39, 0.29) is 12.0 Å². The molecule has 4 rings (SSSR count). The molecule has 0 aromatic heterocycles. The molecule has 2 unspecified atom stereocenters. The molecule has 0 spiro atoms. The number of fused-ring (bicyclic) bond motifs is 1. The van der Waals surface area contributed by atoms with Crippen molar-refractivity contribution in [2.45, 2.75) is 45.5 Å². The van der Waals surface area contributed by atoms with Crippen LogP contribution in [-0.4, -0.2) is 42.6 Å². The van der Waals surface area contributed by atoms with Crippen LogP contribution >= 0.6 is 0 Å².